The minimum Gasteiger partial charge on any atom is -0.360 e. The molecule has 0 aliphatic carbocycles. The fourth-order valence-electron chi connectivity index (χ4n) is 0.665. The molecule has 0 saturated carbocycles. The molecule has 0 spiro atoms. The second kappa shape index (κ2) is 5.01. The molecule has 11 heavy (non-hydrogen) atoms. The van der Waals surface area contributed by atoms with Crippen LogP contribution in [0, 0.1) is 0 Å². The van der Waals surface area contributed by atoms with Crippen molar-refractivity contribution in [3.05, 3.63) is 5.51 Å². The fourth-order valence-corrected chi connectivity index (χ4v) is 1.14. The first-order valence-electron chi connectivity index (χ1n) is 3.49. The Balaban J connectivity index is 2.04. The average molecular weight is 175 g/mol. The molecule has 0 aliphatic rings. The van der Waals surface area contributed by atoms with E-state index in [9.17, 15) is 4.39 Å². The number of alkyl halides is 1. The first-order chi connectivity index (χ1) is 5.43. The van der Waals surface area contributed by atoms with Crippen molar-refractivity contribution in [2.75, 3.05) is 18.5 Å². The summed E-state index contributed by atoms with van der Waals surface area (Å²) in [6.45, 7) is 0.539. The summed E-state index contributed by atoms with van der Waals surface area (Å²) in [5.74, 6) is 0. The van der Waals surface area contributed by atoms with Crippen LogP contribution in [0.1, 0.15) is 12.8 Å². The zero-order chi connectivity index (χ0) is 7.94. The van der Waals surface area contributed by atoms with E-state index in [1.807, 2.05) is 0 Å². The lowest BCUT2D eigenvalue weighted by atomic mass is 10.3. The number of nitrogens with zero attached hydrogens (tertiary/aromatic N) is 2. The molecule has 1 rings (SSSR count). The van der Waals surface area contributed by atoms with E-state index in [-0.39, 0.29) is 6.67 Å². The predicted octanol–water partition coefficient (Wildman–Crippen LogP) is 1.70. The summed E-state index contributed by atoms with van der Waals surface area (Å²) in [5.41, 5.74) is 1.66. The second-order valence-corrected chi connectivity index (χ2v) is 2.90. The number of anilines is 1. The van der Waals surface area contributed by atoms with E-state index in [0.29, 0.717) is 6.42 Å². The molecule has 62 valence electrons. The van der Waals surface area contributed by atoms with Crippen molar-refractivity contribution in [3.63, 3.8) is 0 Å². The van der Waals surface area contributed by atoms with Gasteiger partial charge in [0.15, 0.2) is 0 Å². The topological polar surface area (TPSA) is 37.8 Å². The standard InChI is InChI=1S/C6H10FN3S/c7-3-1-2-4-8-6-10-9-5-11-6/h5H,1-4H2,(H,8,10). The van der Waals surface area contributed by atoms with Gasteiger partial charge in [-0.05, 0) is 12.8 Å². The van der Waals surface area contributed by atoms with Gasteiger partial charge in [-0.15, -0.1) is 10.2 Å². The van der Waals surface area contributed by atoms with Crippen LogP contribution in [0.2, 0.25) is 0 Å². The van der Waals surface area contributed by atoms with Gasteiger partial charge in [-0.2, -0.15) is 0 Å². The normalized spacial score (nSPS) is 9.91. The van der Waals surface area contributed by atoms with Crippen molar-refractivity contribution in [1.82, 2.24) is 10.2 Å². The Morgan fingerprint density at radius 2 is 2.45 bits per heavy atom. The largest absolute Gasteiger partial charge is 0.360 e. The number of aromatic nitrogens is 2. The van der Waals surface area contributed by atoms with E-state index < -0.39 is 0 Å². The second-order valence-electron chi connectivity index (χ2n) is 2.07. The van der Waals surface area contributed by atoms with E-state index in [0.717, 1.165) is 18.1 Å². The number of rotatable bonds is 5. The van der Waals surface area contributed by atoms with Gasteiger partial charge in [-0.25, -0.2) is 0 Å². The molecular formula is C6H10FN3S. The highest BCUT2D eigenvalue weighted by atomic mass is 32.1. The fraction of sp³-hybridized carbons (Fsp3) is 0.667. The lowest BCUT2D eigenvalue weighted by Gasteiger charge is -1.98. The molecule has 0 fully saturated rings. The molecule has 0 aromatic carbocycles. The van der Waals surface area contributed by atoms with E-state index in [1.165, 1.54) is 11.3 Å². The third-order valence-corrected chi connectivity index (χ3v) is 1.85. The molecule has 1 aromatic heterocycles. The van der Waals surface area contributed by atoms with Crippen molar-refractivity contribution in [1.29, 1.82) is 0 Å². The Kier molecular flexibility index (Phi) is 3.82. The molecule has 1 heterocycles. The summed E-state index contributed by atoms with van der Waals surface area (Å²) in [7, 11) is 0. The summed E-state index contributed by atoms with van der Waals surface area (Å²) in [4.78, 5) is 0. The first kappa shape index (κ1) is 8.39. The first-order valence-corrected chi connectivity index (χ1v) is 4.37. The van der Waals surface area contributed by atoms with Gasteiger partial charge in [0.25, 0.3) is 0 Å². The van der Waals surface area contributed by atoms with Crippen LogP contribution in [0.15, 0.2) is 5.51 Å². The van der Waals surface area contributed by atoms with Crippen LogP contribution >= 0.6 is 11.3 Å². The number of hydrogen-bond acceptors (Lipinski definition) is 4. The summed E-state index contributed by atoms with van der Waals surface area (Å²) in [6, 6.07) is 0. The number of hydrogen-bond donors (Lipinski definition) is 1. The van der Waals surface area contributed by atoms with E-state index in [4.69, 9.17) is 0 Å². The molecule has 0 atom stereocenters. The Labute approximate surface area is 68.7 Å². The maximum atomic E-state index is 11.6. The van der Waals surface area contributed by atoms with Gasteiger partial charge in [-0.1, -0.05) is 11.3 Å². The molecular weight excluding hydrogens is 165 g/mol. The zero-order valence-corrected chi connectivity index (χ0v) is 6.90. The Morgan fingerprint density at radius 1 is 1.55 bits per heavy atom. The average Bonchev–Trinajstić information content (AvgIpc) is 2.50. The van der Waals surface area contributed by atoms with Gasteiger partial charge in [0.1, 0.15) is 5.51 Å². The van der Waals surface area contributed by atoms with Crippen LogP contribution in [0.4, 0.5) is 9.52 Å². The van der Waals surface area contributed by atoms with Gasteiger partial charge in [-0.3, -0.25) is 4.39 Å². The van der Waals surface area contributed by atoms with Crippen LogP contribution in [-0.2, 0) is 0 Å². The highest BCUT2D eigenvalue weighted by Crippen LogP contribution is 2.07. The Hall–Kier alpha value is -0.710. The van der Waals surface area contributed by atoms with Crippen LogP contribution < -0.4 is 5.32 Å². The third kappa shape index (κ3) is 3.27. The number of halogens is 1. The van der Waals surface area contributed by atoms with Gasteiger partial charge < -0.3 is 5.32 Å². The number of nitrogens with one attached hydrogen (secondary N) is 1. The molecule has 0 aliphatic heterocycles. The quantitative estimate of drug-likeness (QED) is 0.692. The smallest absolute Gasteiger partial charge is 0.205 e. The molecule has 0 saturated heterocycles. The summed E-state index contributed by atoms with van der Waals surface area (Å²) >= 11 is 1.45. The minimum absolute atomic E-state index is 0.238. The highest BCUT2D eigenvalue weighted by Gasteiger charge is 1.92. The maximum Gasteiger partial charge on any atom is 0.205 e. The maximum absolute atomic E-state index is 11.6. The van der Waals surface area contributed by atoms with Crippen LogP contribution in [0.25, 0.3) is 0 Å². The molecule has 5 heteroatoms. The minimum atomic E-state index is -0.238. The molecule has 1 N–H and O–H groups in total. The van der Waals surface area contributed by atoms with Gasteiger partial charge in [0.05, 0.1) is 6.67 Å². The van der Waals surface area contributed by atoms with E-state index >= 15 is 0 Å². The SMILES string of the molecule is FCCCCNc1nncs1. The number of unbranched alkanes of at least 4 members (excludes halogenated alkanes) is 1. The lowest BCUT2D eigenvalue weighted by molar-refractivity contribution is 0.466. The molecule has 0 bridgehead atoms. The van der Waals surface area contributed by atoms with Crippen molar-refractivity contribution >= 4 is 16.5 Å². The molecule has 0 amide bonds. The highest BCUT2D eigenvalue weighted by molar-refractivity contribution is 7.13. The van der Waals surface area contributed by atoms with Gasteiger partial charge in [0, 0.05) is 6.54 Å². The van der Waals surface area contributed by atoms with Crippen LogP contribution in [-0.4, -0.2) is 23.4 Å². The van der Waals surface area contributed by atoms with Crippen molar-refractivity contribution < 1.29 is 4.39 Å². The molecule has 0 unspecified atom stereocenters. The van der Waals surface area contributed by atoms with Gasteiger partial charge in [0.2, 0.25) is 5.13 Å². The van der Waals surface area contributed by atoms with Crippen LogP contribution in [0.5, 0.6) is 0 Å². The van der Waals surface area contributed by atoms with Crippen LogP contribution in [0.3, 0.4) is 0 Å². The molecule has 1 aromatic rings. The Morgan fingerprint density at radius 3 is 3.09 bits per heavy atom. The molecule has 3 nitrogen and oxygen atoms in total. The van der Waals surface area contributed by atoms with E-state index in [2.05, 4.69) is 15.5 Å². The summed E-state index contributed by atoms with van der Waals surface area (Å²) in [5, 5.41) is 11.3. The van der Waals surface area contributed by atoms with Crippen molar-refractivity contribution in [2.45, 2.75) is 12.8 Å². The molecule has 0 radical (unpaired) electrons. The monoisotopic (exact) mass is 175 g/mol. The summed E-state index contributed by atoms with van der Waals surface area (Å²) in [6.07, 6.45) is 1.46. The van der Waals surface area contributed by atoms with Crippen molar-refractivity contribution in [2.24, 2.45) is 0 Å². The lowest BCUT2D eigenvalue weighted by Crippen LogP contribution is -2.01. The Bertz CT molecular complexity index is 178. The van der Waals surface area contributed by atoms with Crippen molar-refractivity contribution in [3.8, 4) is 0 Å². The summed E-state index contributed by atoms with van der Waals surface area (Å²) < 4.78 is 11.6. The third-order valence-electron chi connectivity index (χ3n) is 1.20. The van der Waals surface area contributed by atoms with Gasteiger partial charge >= 0.3 is 0 Å². The van der Waals surface area contributed by atoms with E-state index in [1.54, 1.807) is 5.51 Å². The zero-order valence-electron chi connectivity index (χ0n) is 6.09. The predicted molar refractivity (Wildman–Crippen MR) is 43.6 cm³/mol.